The summed E-state index contributed by atoms with van der Waals surface area (Å²) in [7, 11) is 3.08. The number of rotatable bonds is 7. The lowest BCUT2D eigenvalue weighted by Gasteiger charge is -2.07. The highest BCUT2D eigenvalue weighted by Crippen LogP contribution is 2.25. The number of benzene rings is 1. The van der Waals surface area contributed by atoms with Crippen LogP contribution in [0.25, 0.3) is 6.08 Å². The second kappa shape index (κ2) is 7.66. The summed E-state index contributed by atoms with van der Waals surface area (Å²) in [6.45, 7) is 0.635. The van der Waals surface area contributed by atoms with Crippen molar-refractivity contribution < 1.29 is 14.3 Å². The second-order valence-corrected chi connectivity index (χ2v) is 4.87. The molecular formula is C16H17ClN2O3. The van der Waals surface area contributed by atoms with E-state index in [1.54, 1.807) is 42.3 Å². The highest BCUT2D eigenvalue weighted by Gasteiger charge is 2.10. The first kappa shape index (κ1) is 16.1. The van der Waals surface area contributed by atoms with Gasteiger partial charge in [0.05, 0.1) is 32.5 Å². The van der Waals surface area contributed by atoms with Crippen molar-refractivity contribution in [2.24, 2.45) is 0 Å². The predicted octanol–water partition coefficient (Wildman–Crippen LogP) is 3.04. The minimum absolute atomic E-state index is 0.149. The van der Waals surface area contributed by atoms with Crippen LogP contribution in [-0.2, 0) is 6.54 Å². The molecule has 0 aliphatic carbocycles. The summed E-state index contributed by atoms with van der Waals surface area (Å²) in [4.78, 5) is 12.3. The molecule has 2 aromatic rings. The van der Waals surface area contributed by atoms with Gasteiger partial charge in [-0.3, -0.25) is 9.48 Å². The van der Waals surface area contributed by atoms with Gasteiger partial charge in [-0.15, -0.1) is 11.6 Å². The molecule has 1 heterocycles. The van der Waals surface area contributed by atoms with Gasteiger partial charge in [0, 0.05) is 23.7 Å². The molecule has 0 aliphatic rings. The van der Waals surface area contributed by atoms with Crippen LogP contribution >= 0.6 is 11.6 Å². The van der Waals surface area contributed by atoms with Gasteiger partial charge in [-0.05, 0) is 24.3 Å². The first-order valence-electron chi connectivity index (χ1n) is 6.70. The Labute approximate surface area is 134 Å². The first-order chi connectivity index (χ1) is 10.7. The smallest absolute Gasteiger partial charge is 0.189 e. The average molecular weight is 321 g/mol. The molecule has 0 saturated carbocycles. The molecule has 2 rings (SSSR count). The van der Waals surface area contributed by atoms with Crippen molar-refractivity contribution in [3.63, 3.8) is 0 Å². The van der Waals surface area contributed by atoms with Crippen molar-refractivity contribution in [3.8, 4) is 11.5 Å². The maximum atomic E-state index is 12.3. The van der Waals surface area contributed by atoms with Crippen LogP contribution in [0.5, 0.6) is 11.5 Å². The summed E-state index contributed by atoms with van der Waals surface area (Å²) in [5.74, 6) is 1.46. The average Bonchev–Trinajstić information content (AvgIpc) is 3.00. The molecular weight excluding hydrogens is 304 g/mol. The Kier molecular flexibility index (Phi) is 5.61. The number of carbonyl (C=O) groups is 1. The molecule has 0 spiro atoms. The van der Waals surface area contributed by atoms with Gasteiger partial charge in [-0.25, -0.2) is 0 Å². The summed E-state index contributed by atoms with van der Waals surface area (Å²) in [5, 5.41) is 4.14. The lowest BCUT2D eigenvalue weighted by Crippen LogP contribution is -1.99. The Balaban J connectivity index is 2.15. The summed E-state index contributed by atoms with van der Waals surface area (Å²) in [5.41, 5.74) is 1.32. The van der Waals surface area contributed by atoms with E-state index in [-0.39, 0.29) is 5.78 Å². The molecule has 0 unspecified atom stereocenters. The summed E-state index contributed by atoms with van der Waals surface area (Å²) >= 11 is 5.65. The number of halogens is 1. The quantitative estimate of drug-likeness (QED) is 0.447. The molecule has 22 heavy (non-hydrogen) atoms. The van der Waals surface area contributed by atoms with Crippen molar-refractivity contribution in [2.45, 2.75) is 6.54 Å². The van der Waals surface area contributed by atoms with E-state index in [0.29, 0.717) is 29.5 Å². The Morgan fingerprint density at radius 3 is 2.86 bits per heavy atom. The van der Waals surface area contributed by atoms with Crippen molar-refractivity contribution in [1.82, 2.24) is 9.78 Å². The van der Waals surface area contributed by atoms with Crippen molar-refractivity contribution in [2.75, 3.05) is 20.1 Å². The molecule has 0 fully saturated rings. The van der Waals surface area contributed by atoms with E-state index in [4.69, 9.17) is 21.1 Å². The number of hydrogen-bond acceptors (Lipinski definition) is 4. The van der Waals surface area contributed by atoms with E-state index in [9.17, 15) is 4.79 Å². The number of alkyl halides is 1. The van der Waals surface area contributed by atoms with Crippen LogP contribution in [-0.4, -0.2) is 35.7 Å². The predicted molar refractivity (Wildman–Crippen MR) is 85.9 cm³/mol. The van der Waals surface area contributed by atoms with E-state index in [1.165, 1.54) is 13.2 Å². The van der Waals surface area contributed by atoms with Crippen LogP contribution in [0.1, 0.15) is 15.9 Å². The Bertz CT molecular complexity index is 680. The molecule has 0 N–H and O–H groups in total. The van der Waals surface area contributed by atoms with E-state index in [1.807, 2.05) is 6.20 Å². The number of methoxy groups -OCH3 is 2. The fourth-order valence-electron chi connectivity index (χ4n) is 1.94. The fourth-order valence-corrected chi connectivity index (χ4v) is 2.11. The van der Waals surface area contributed by atoms with Crippen LogP contribution in [0.3, 0.4) is 0 Å². The van der Waals surface area contributed by atoms with Gasteiger partial charge in [0.2, 0.25) is 0 Å². The monoisotopic (exact) mass is 320 g/mol. The fraction of sp³-hybridized carbons (Fsp3) is 0.250. The minimum Gasteiger partial charge on any atom is -0.497 e. The van der Waals surface area contributed by atoms with Gasteiger partial charge < -0.3 is 9.47 Å². The van der Waals surface area contributed by atoms with Gasteiger partial charge in [0.1, 0.15) is 11.5 Å². The standard InChI is InChI=1S/C16H17ClN2O3/c1-21-13-4-5-14(16(9-13)22-2)15(20)6-3-12-10-18-19(11-12)8-7-17/h3-6,9-11H,7-8H2,1-2H3/b6-3+. The molecule has 0 radical (unpaired) electrons. The van der Waals surface area contributed by atoms with Crippen LogP contribution in [0.2, 0.25) is 0 Å². The second-order valence-electron chi connectivity index (χ2n) is 4.49. The largest absolute Gasteiger partial charge is 0.497 e. The number of allylic oxidation sites excluding steroid dienone is 1. The Morgan fingerprint density at radius 1 is 1.36 bits per heavy atom. The zero-order chi connectivity index (χ0) is 15.9. The first-order valence-corrected chi connectivity index (χ1v) is 7.24. The number of carbonyl (C=O) groups excluding carboxylic acids is 1. The van der Waals surface area contributed by atoms with Crippen LogP contribution < -0.4 is 9.47 Å². The van der Waals surface area contributed by atoms with Crippen molar-refractivity contribution >= 4 is 23.5 Å². The number of ether oxygens (including phenoxy) is 2. The number of aromatic nitrogens is 2. The van der Waals surface area contributed by atoms with Gasteiger partial charge in [0.15, 0.2) is 5.78 Å². The van der Waals surface area contributed by atoms with E-state index in [0.717, 1.165) is 5.56 Å². The number of ketones is 1. The maximum absolute atomic E-state index is 12.3. The molecule has 1 aromatic heterocycles. The Hall–Kier alpha value is -2.27. The van der Waals surface area contributed by atoms with Crippen molar-refractivity contribution in [1.29, 1.82) is 0 Å². The van der Waals surface area contributed by atoms with Gasteiger partial charge >= 0.3 is 0 Å². The third-order valence-corrected chi connectivity index (χ3v) is 3.24. The molecule has 0 atom stereocenters. The Morgan fingerprint density at radius 2 is 2.18 bits per heavy atom. The molecule has 1 aromatic carbocycles. The lowest BCUT2D eigenvalue weighted by atomic mass is 10.1. The molecule has 0 amide bonds. The summed E-state index contributed by atoms with van der Waals surface area (Å²) < 4.78 is 12.1. The minimum atomic E-state index is -0.149. The van der Waals surface area contributed by atoms with Gasteiger partial charge in [-0.2, -0.15) is 5.10 Å². The zero-order valence-corrected chi connectivity index (χ0v) is 13.2. The SMILES string of the molecule is COc1ccc(C(=O)/C=C/c2cnn(CCCl)c2)c(OC)c1. The molecule has 6 heteroatoms. The third-order valence-electron chi connectivity index (χ3n) is 3.07. The number of hydrogen-bond donors (Lipinski definition) is 0. The third kappa shape index (κ3) is 3.89. The van der Waals surface area contributed by atoms with Crippen LogP contribution in [0, 0.1) is 0 Å². The summed E-state index contributed by atoms with van der Waals surface area (Å²) in [6.07, 6.45) is 6.72. The van der Waals surface area contributed by atoms with E-state index >= 15 is 0 Å². The highest BCUT2D eigenvalue weighted by molar-refractivity contribution is 6.17. The van der Waals surface area contributed by atoms with Crippen molar-refractivity contribution in [3.05, 3.63) is 47.8 Å². The van der Waals surface area contributed by atoms with Gasteiger partial charge in [-0.1, -0.05) is 0 Å². The lowest BCUT2D eigenvalue weighted by molar-refractivity contribution is 0.104. The zero-order valence-electron chi connectivity index (χ0n) is 12.5. The maximum Gasteiger partial charge on any atom is 0.189 e. The normalized spacial score (nSPS) is 10.9. The van der Waals surface area contributed by atoms with Crippen LogP contribution in [0.15, 0.2) is 36.7 Å². The number of nitrogens with zero attached hydrogens (tertiary/aromatic N) is 2. The van der Waals surface area contributed by atoms with E-state index < -0.39 is 0 Å². The van der Waals surface area contributed by atoms with Gasteiger partial charge in [0.25, 0.3) is 0 Å². The summed E-state index contributed by atoms with van der Waals surface area (Å²) in [6, 6.07) is 5.09. The highest BCUT2D eigenvalue weighted by atomic mass is 35.5. The molecule has 5 nitrogen and oxygen atoms in total. The molecule has 0 bridgehead atoms. The van der Waals surface area contributed by atoms with E-state index in [2.05, 4.69) is 5.10 Å². The molecule has 0 aliphatic heterocycles. The molecule has 116 valence electrons. The van der Waals surface area contributed by atoms with Crippen LogP contribution in [0.4, 0.5) is 0 Å². The molecule has 0 saturated heterocycles. The topological polar surface area (TPSA) is 53.3 Å². The number of aryl methyl sites for hydroxylation is 1.